The van der Waals surface area contributed by atoms with Crippen molar-refractivity contribution < 1.29 is 14.3 Å². The van der Waals surface area contributed by atoms with Crippen LogP contribution in [0.1, 0.15) is 37.8 Å². The molecule has 2 aromatic rings. The predicted octanol–water partition coefficient (Wildman–Crippen LogP) is 4.44. The molecule has 0 saturated heterocycles. The molecule has 1 aromatic heterocycles. The van der Waals surface area contributed by atoms with Gasteiger partial charge in [-0.25, -0.2) is 9.78 Å². The Morgan fingerprint density at radius 3 is 2.79 bits per heavy atom. The van der Waals surface area contributed by atoms with Crippen molar-refractivity contribution in [2.45, 2.75) is 44.6 Å². The number of halogens is 1. The van der Waals surface area contributed by atoms with Crippen LogP contribution in [0.4, 0.5) is 15.6 Å². The number of ether oxygens (including phenoxy) is 1. The molecule has 0 spiro atoms. The van der Waals surface area contributed by atoms with Crippen LogP contribution in [0.5, 0.6) is 5.75 Å². The van der Waals surface area contributed by atoms with Crippen molar-refractivity contribution in [3.05, 3.63) is 34.3 Å². The van der Waals surface area contributed by atoms with E-state index < -0.39 is 0 Å². The summed E-state index contributed by atoms with van der Waals surface area (Å²) >= 11 is 7.26. The SMILES string of the molecule is COc1ccc(Cl)cc1NC(=O)Cc1csc(NC(=O)NC2CCCCC2)n1. The van der Waals surface area contributed by atoms with Gasteiger partial charge in [0.05, 0.1) is 24.9 Å². The number of rotatable bonds is 6. The van der Waals surface area contributed by atoms with Crippen LogP contribution in [0.15, 0.2) is 23.6 Å². The van der Waals surface area contributed by atoms with Gasteiger partial charge in [0.2, 0.25) is 5.91 Å². The second kappa shape index (κ2) is 9.75. The molecule has 1 aliphatic rings. The van der Waals surface area contributed by atoms with Crippen LogP contribution in [-0.2, 0) is 11.2 Å². The van der Waals surface area contributed by atoms with Crippen molar-refractivity contribution in [1.29, 1.82) is 0 Å². The Hall–Kier alpha value is -2.32. The zero-order chi connectivity index (χ0) is 19.9. The lowest BCUT2D eigenvalue weighted by Crippen LogP contribution is -2.39. The summed E-state index contributed by atoms with van der Waals surface area (Å²) in [6.45, 7) is 0. The Bertz CT molecular complexity index is 836. The summed E-state index contributed by atoms with van der Waals surface area (Å²) in [7, 11) is 1.52. The predicted molar refractivity (Wildman–Crippen MR) is 111 cm³/mol. The molecule has 9 heteroatoms. The highest BCUT2D eigenvalue weighted by Gasteiger charge is 2.17. The van der Waals surface area contributed by atoms with Gasteiger partial charge in [-0.1, -0.05) is 30.9 Å². The van der Waals surface area contributed by atoms with Gasteiger partial charge in [0.25, 0.3) is 0 Å². The van der Waals surface area contributed by atoms with Crippen molar-refractivity contribution >= 4 is 45.7 Å². The normalized spacial score (nSPS) is 14.4. The summed E-state index contributed by atoms with van der Waals surface area (Å²) in [6.07, 6.45) is 5.65. The highest BCUT2D eigenvalue weighted by molar-refractivity contribution is 7.13. The number of benzene rings is 1. The van der Waals surface area contributed by atoms with E-state index in [1.165, 1.54) is 24.9 Å². The number of nitrogens with one attached hydrogen (secondary N) is 3. The minimum atomic E-state index is -0.249. The Labute approximate surface area is 172 Å². The lowest BCUT2D eigenvalue weighted by Gasteiger charge is -2.22. The zero-order valence-corrected chi connectivity index (χ0v) is 17.2. The first-order valence-corrected chi connectivity index (χ1v) is 10.4. The van der Waals surface area contributed by atoms with Crippen molar-refractivity contribution in [2.75, 3.05) is 17.7 Å². The molecule has 0 bridgehead atoms. The van der Waals surface area contributed by atoms with Crippen LogP contribution in [0, 0.1) is 0 Å². The Morgan fingerprint density at radius 2 is 2.04 bits per heavy atom. The van der Waals surface area contributed by atoms with Crippen molar-refractivity contribution in [3.8, 4) is 5.75 Å². The minimum absolute atomic E-state index is 0.0814. The molecule has 7 nitrogen and oxygen atoms in total. The maximum atomic E-state index is 12.3. The molecule has 150 valence electrons. The van der Waals surface area contributed by atoms with E-state index in [1.54, 1.807) is 23.6 Å². The van der Waals surface area contributed by atoms with E-state index in [4.69, 9.17) is 16.3 Å². The van der Waals surface area contributed by atoms with Crippen molar-refractivity contribution in [2.24, 2.45) is 0 Å². The highest BCUT2D eigenvalue weighted by atomic mass is 35.5. The fourth-order valence-corrected chi connectivity index (χ4v) is 4.03. The lowest BCUT2D eigenvalue weighted by atomic mass is 9.96. The first kappa shape index (κ1) is 20.4. The minimum Gasteiger partial charge on any atom is -0.495 e. The fraction of sp³-hybridized carbons (Fsp3) is 0.421. The molecule has 1 aliphatic carbocycles. The second-order valence-corrected chi connectivity index (χ2v) is 7.94. The summed E-state index contributed by atoms with van der Waals surface area (Å²) in [5.41, 5.74) is 1.08. The molecule has 3 amide bonds. The molecule has 1 heterocycles. The number of hydrogen-bond acceptors (Lipinski definition) is 5. The summed E-state index contributed by atoms with van der Waals surface area (Å²) in [4.78, 5) is 28.7. The first-order valence-electron chi connectivity index (χ1n) is 9.19. The summed E-state index contributed by atoms with van der Waals surface area (Å²) in [5.74, 6) is 0.279. The summed E-state index contributed by atoms with van der Waals surface area (Å²) < 4.78 is 5.22. The Kier molecular flexibility index (Phi) is 7.11. The third kappa shape index (κ3) is 5.84. The lowest BCUT2D eigenvalue weighted by molar-refractivity contribution is -0.115. The topological polar surface area (TPSA) is 92.4 Å². The number of carbonyl (C=O) groups excluding carboxylic acids is 2. The molecule has 3 rings (SSSR count). The molecule has 0 radical (unpaired) electrons. The third-order valence-electron chi connectivity index (χ3n) is 4.49. The molecule has 1 fully saturated rings. The Morgan fingerprint density at radius 1 is 1.25 bits per heavy atom. The number of methoxy groups -OCH3 is 1. The van der Waals surface area contributed by atoms with Gasteiger partial charge in [-0.05, 0) is 31.0 Å². The summed E-state index contributed by atoms with van der Waals surface area (Å²) in [5, 5.41) is 11.2. The monoisotopic (exact) mass is 422 g/mol. The number of thiazole rings is 1. The molecule has 3 N–H and O–H groups in total. The number of anilines is 2. The molecule has 1 aromatic carbocycles. The van der Waals surface area contributed by atoms with Crippen LogP contribution >= 0.6 is 22.9 Å². The van der Waals surface area contributed by atoms with Crippen molar-refractivity contribution in [3.63, 3.8) is 0 Å². The first-order chi connectivity index (χ1) is 13.5. The van der Waals surface area contributed by atoms with Crippen LogP contribution in [0.25, 0.3) is 0 Å². The Balaban J connectivity index is 1.52. The van der Waals surface area contributed by atoms with E-state index in [9.17, 15) is 9.59 Å². The van der Waals surface area contributed by atoms with Crippen LogP contribution in [0.2, 0.25) is 5.02 Å². The molecular weight excluding hydrogens is 400 g/mol. The number of aromatic nitrogens is 1. The smallest absolute Gasteiger partial charge is 0.321 e. The number of urea groups is 1. The van der Waals surface area contributed by atoms with Gasteiger partial charge in [0, 0.05) is 16.4 Å². The van der Waals surface area contributed by atoms with Gasteiger partial charge in [-0.3, -0.25) is 10.1 Å². The molecular formula is C19H23ClN4O3S. The number of carbonyl (C=O) groups is 2. The largest absolute Gasteiger partial charge is 0.495 e. The maximum Gasteiger partial charge on any atom is 0.321 e. The number of hydrogen-bond donors (Lipinski definition) is 3. The van der Waals surface area contributed by atoms with Gasteiger partial charge in [-0.15, -0.1) is 11.3 Å². The van der Waals surface area contributed by atoms with Gasteiger partial charge in [-0.2, -0.15) is 0 Å². The standard InChI is InChI=1S/C19H23ClN4O3S/c1-27-16-8-7-12(20)9-15(16)23-17(25)10-14-11-28-19(22-14)24-18(26)21-13-5-3-2-4-6-13/h7-9,11,13H,2-6,10H2,1H3,(H,23,25)(H2,21,22,24,26). The van der Waals surface area contributed by atoms with Crippen LogP contribution < -0.4 is 20.7 Å². The quantitative estimate of drug-likeness (QED) is 0.641. The average Bonchev–Trinajstić information content (AvgIpc) is 3.09. The van der Waals surface area contributed by atoms with Crippen molar-refractivity contribution in [1.82, 2.24) is 10.3 Å². The highest BCUT2D eigenvalue weighted by Crippen LogP contribution is 2.28. The van der Waals surface area contributed by atoms with E-state index >= 15 is 0 Å². The molecule has 1 saturated carbocycles. The zero-order valence-electron chi connectivity index (χ0n) is 15.6. The summed E-state index contributed by atoms with van der Waals surface area (Å²) in [6, 6.07) is 4.98. The van der Waals surface area contributed by atoms with Gasteiger partial charge in [0.1, 0.15) is 5.75 Å². The van der Waals surface area contributed by atoms with E-state index in [1.807, 2.05) is 0 Å². The van der Waals surface area contributed by atoms with E-state index in [2.05, 4.69) is 20.9 Å². The second-order valence-electron chi connectivity index (χ2n) is 6.65. The molecule has 0 aliphatic heterocycles. The van der Waals surface area contributed by atoms with Gasteiger partial charge >= 0.3 is 6.03 Å². The van der Waals surface area contributed by atoms with E-state index in [0.29, 0.717) is 27.3 Å². The van der Waals surface area contributed by atoms with E-state index in [0.717, 1.165) is 25.7 Å². The average molecular weight is 423 g/mol. The van der Waals surface area contributed by atoms with Crippen LogP contribution in [-0.4, -0.2) is 30.1 Å². The molecule has 0 unspecified atom stereocenters. The molecule has 0 atom stereocenters. The maximum absolute atomic E-state index is 12.3. The van der Waals surface area contributed by atoms with Gasteiger partial charge < -0.3 is 15.4 Å². The van der Waals surface area contributed by atoms with E-state index in [-0.39, 0.29) is 24.4 Å². The molecule has 28 heavy (non-hydrogen) atoms. The third-order valence-corrected chi connectivity index (χ3v) is 5.53. The van der Waals surface area contributed by atoms with Gasteiger partial charge in [0.15, 0.2) is 5.13 Å². The fourth-order valence-electron chi connectivity index (χ4n) is 3.15. The number of amides is 3. The number of nitrogens with zero attached hydrogens (tertiary/aromatic N) is 1. The van der Waals surface area contributed by atoms with Crippen LogP contribution in [0.3, 0.4) is 0 Å².